The molecule has 2 aromatic rings. The maximum Gasteiger partial charge on any atom is 0.341 e. The lowest BCUT2D eigenvalue weighted by Gasteiger charge is -2.16. The highest BCUT2D eigenvalue weighted by Gasteiger charge is 2.24. The van der Waals surface area contributed by atoms with Crippen LogP contribution in [0.15, 0.2) is 29.4 Å². The van der Waals surface area contributed by atoms with Crippen LogP contribution in [0.1, 0.15) is 15.9 Å². The van der Waals surface area contributed by atoms with Crippen LogP contribution in [0.5, 0.6) is 0 Å². The molecule has 0 saturated carbocycles. The van der Waals surface area contributed by atoms with Gasteiger partial charge in [0.05, 0.1) is 12.8 Å². The van der Waals surface area contributed by atoms with Gasteiger partial charge in [-0.15, -0.1) is 0 Å². The molecule has 0 spiro atoms. The number of pyridine rings is 1. The number of carbonyl (C=O) groups is 1. The van der Waals surface area contributed by atoms with Crippen LogP contribution in [0.4, 0.5) is 11.4 Å². The zero-order valence-corrected chi connectivity index (χ0v) is 15.0. The number of sulfonamides is 1. The molecule has 0 saturated heterocycles. The van der Waals surface area contributed by atoms with E-state index in [0.29, 0.717) is 10.7 Å². The number of esters is 1. The molecule has 0 radical (unpaired) electrons. The molecule has 24 heavy (non-hydrogen) atoms. The predicted octanol–water partition coefficient (Wildman–Crippen LogP) is 2.87. The summed E-state index contributed by atoms with van der Waals surface area (Å²) in [6, 6.07) is 5.04. The Bertz CT molecular complexity index is 916. The number of carbonyl (C=O) groups excluding carboxylic acids is 1. The number of anilines is 2. The second kappa shape index (κ2) is 6.94. The Hall–Kier alpha value is -1.87. The monoisotopic (exact) mass is 389 g/mol. The third-order valence-electron chi connectivity index (χ3n) is 3.12. The van der Waals surface area contributed by atoms with Gasteiger partial charge < -0.3 is 10.1 Å². The summed E-state index contributed by atoms with van der Waals surface area (Å²) in [6.07, 6.45) is 1.03. The van der Waals surface area contributed by atoms with Crippen LogP contribution in [0.3, 0.4) is 0 Å². The summed E-state index contributed by atoms with van der Waals surface area (Å²) in [6.45, 7) is 1.80. The van der Waals surface area contributed by atoms with Gasteiger partial charge in [0, 0.05) is 16.9 Å². The first kappa shape index (κ1) is 18.5. The third kappa shape index (κ3) is 3.78. The van der Waals surface area contributed by atoms with Gasteiger partial charge in [0.15, 0.2) is 5.03 Å². The molecule has 1 aromatic heterocycles. The van der Waals surface area contributed by atoms with Crippen molar-refractivity contribution in [3.8, 4) is 0 Å². The molecule has 0 unspecified atom stereocenters. The molecule has 2 rings (SSSR count). The van der Waals surface area contributed by atoms with Gasteiger partial charge in [0.1, 0.15) is 10.6 Å². The summed E-state index contributed by atoms with van der Waals surface area (Å²) in [5, 5.41) is 7.56. The van der Waals surface area contributed by atoms with Crippen molar-refractivity contribution in [2.45, 2.75) is 11.9 Å². The van der Waals surface area contributed by atoms with Crippen molar-refractivity contribution in [1.29, 1.82) is 0 Å². The van der Waals surface area contributed by atoms with Gasteiger partial charge in [-0.25, -0.2) is 23.3 Å². The van der Waals surface area contributed by atoms with Crippen LogP contribution in [0.25, 0.3) is 0 Å². The normalized spacial score (nSPS) is 11.2. The number of ether oxygens (including phenoxy) is 1. The van der Waals surface area contributed by atoms with Gasteiger partial charge >= 0.3 is 5.97 Å². The van der Waals surface area contributed by atoms with E-state index in [0.717, 1.165) is 11.8 Å². The van der Waals surface area contributed by atoms with E-state index in [2.05, 4.69) is 15.0 Å². The quantitative estimate of drug-likeness (QED) is 0.777. The minimum absolute atomic E-state index is 0.00732. The number of primary sulfonamides is 1. The summed E-state index contributed by atoms with van der Waals surface area (Å²) in [5.41, 5.74) is 1.28. The highest BCUT2D eigenvalue weighted by molar-refractivity contribution is 7.89. The molecule has 0 amide bonds. The SMILES string of the molecule is COC(=O)c1cnc(S(N)(=O)=O)c(Cl)c1Nc1cc(Cl)ccc1C. The molecule has 7 nitrogen and oxygen atoms in total. The number of hydrogen-bond donors (Lipinski definition) is 2. The number of benzene rings is 1. The standard InChI is InChI=1S/C14H13Cl2N3O4S/c1-7-3-4-8(15)5-10(7)19-12-9(14(20)23-2)6-18-13(11(12)16)24(17,21)22/h3-6H,1-2H3,(H,18,19)(H2,17,21,22). The van der Waals surface area contributed by atoms with E-state index in [-0.39, 0.29) is 16.3 Å². The Morgan fingerprint density at radius 3 is 2.58 bits per heavy atom. The van der Waals surface area contributed by atoms with E-state index < -0.39 is 21.0 Å². The van der Waals surface area contributed by atoms with E-state index in [1.54, 1.807) is 25.1 Å². The number of halogens is 2. The number of hydrogen-bond acceptors (Lipinski definition) is 6. The Morgan fingerprint density at radius 1 is 1.33 bits per heavy atom. The van der Waals surface area contributed by atoms with Gasteiger partial charge in [0.2, 0.25) is 0 Å². The molecule has 1 heterocycles. The van der Waals surface area contributed by atoms with Crippen molar-refractivity contribution in [1.82, 2.24) is 4.98 Å². The van der Waals surface area contributed by atoms with Gasteiger partial charge in [-0.1, -0.05) is 29.3 Å². The second-order valence-corrected chi connectivity index (χ2v) is 7.08. The molecule has 128 valence electrons. The van der Waals surface area contributed by atoms with Crippen molar-refractivity contribution in [2.75, 3.05) is 12.4 Å². The van der Waals surface area contributed by atoms with Crippen LogP contribution in [0.2, 0.25) is 10.0 Å². The topological polar surface area (TPSA) is 111 Å². The van der Waals surface area contributed by atoms with E-state index in [1.165, 1.54) is 7.11 Å². The average molecular weight is 390 g/mol. The maximum atomic E-state index is 11.9. The van der Waals surface area contributed by atoms with Crippen molar-refractivity contribution in [3.63, 3.8) is 0 Å². The van der Waals surface area contributed by atoms with Crippen molar-refractivity contribution in [3.05, 3.63) is 45.6 Å². The number of aromatic nitrogens is 1. The van der Waals surface area contributed by atoms with E-state index >= 15 is 0 Å². The van der Waals surface area contributed by atoms with Gasteiger partial charge in [-0.05, 0) is 24.6 Å². The number of rotatable bonds is 4. The highest BCUT2D eigenvalue weighted by atomic mass is 35.5. The zero-order valence-electron chi connectivity index (χ0n) is 12.6. The summed E-state index contributed by atoms with van der Waals surface area (Å²) in [7, 11) is -3.00. The molecule has 1 aromatic carbocycles. The number of aryl methyl sites for hydroxylation is 1. The highest BCUT2D eigenvalue weighted by Crippen LogP contribution is 2.34. The Morgan fingerprint density at radius 2 is 2.00 bits per heavy atom. The minimum atomic E-state index is -4.18. The number of nitrogens with two attached hydrogens (primary N) is 1. The lowest BCUT2D eigenvalue weighted by molar-refractivity contribution is 0.0601. The molecule has 0 atom stereocenters. The van der Waals surface area contributed by atoms with Crippen molar-refractivity contribution >= 4 is 50.6 Å². The molecule has 0 aliphatic heterocycles. The average Bonchev–Trinajstić information content (AvgIpc) is 2.50. The Balaban J connectivity index is 2.69. The smallest absolute Gasteiger partial charge is 0.341 e. The summed E-state index contributed by atoms with van der Waals surface area (Å²) in [4.78, 5) is 15.6. The van der Waals surface area contributed by atoms with Gasteiger partial charge in [0.25, 0.3) is 10.0 Å². The molecule has 0 aliphatic carbocycles. The van der Waals surface area contributed by atoms with E-state index in [4.69, 9.17) is 28.3 Å². The number of methoxy groups -OCH3 is 1. The van der Waals surface area contributed by atoms with E-state index in [1.807, 2.05) is 0 Å². The fourth-order valence-corrected chi connectivity index (χ4v) is 3.16. The minimum Gasteiger partial charge on any atom is -0.465 e. The second-order valence-electron chi connectivity index (χ2n) is 4.79. The predicted molar refractivity (Wildman–Crippen MR) is 91.4 cm³/mol. The van der Waals surface area contributed by atoms with Crippen LogP contribution in [-0.2, 0) is 14.8 Å². The first-order chi connectivity index (χ1) is 11.1. The zero-order chi connectivity index (χ0) is 18.1. The van der Waals surface area contributed by atoms with Crippen LogP contribution in [0, 0.1) is 6.92 Å². The van der Waals surface area contributed by atoms with E-state index in [9.17, 15) is 13.2 Å². The lowest BCUT2D eigenvalue weighted by atomic mass is 10.1. The van der Waals surface area contributed by atoms with Gasteiger partial charge in [-0.2, -0.15) is 0 Å². The fraction of sp³-hybridized carbons (Fsp3) is 0.143. The van der Waals surface area contributed by atoms with Gasteiger partial charge in [-0.3, -0.25) is 0 Å². The largest absolute Gasteiger partial charge is 0.465 e. The molecular weight excluding hydrogens is 377 g/mol. The first-order valence-electron chi connectivity index (χ1n) is 6.48. The Labute approximate surface area is 148 Å². The molecule has 0 aliphatic rings. The van der Waals surface area contributed by atoms with Crippen molar-refractivity contribution in [2.24, 2.45) is 5.14 Å². The summed E-state index contributed by atoms with van der Waals surface area (Å²) in [5.74, 6) is -0.743. The Kier molecular flexibility index (Phi) is 5.34. The molecule has 0 fully saturated rings. The molecule has 3 N–H and O–H groups in total. The molecule has 0 bridgehead atoms. The molecular formula is C14H13Cl2N3O4S. The van der Waals surface area contributed by atoms with Crippen LogP contribution < -0.4 is 10.5 Å². The third-order valence-corrected chi connectivity index (χ3v) is 4.69. The molecule has 10 heteroatoms. The summed E-state index contributed by atoms with van der Waals surface area (Å²) >= 11 is 12.1. The number of nitrogens with one attached hydrogen (secondary N) is 1. The lowest BCUT2D eigenvalue weighted by Crippen LogP contribution is -2.17. The first-order valence-corrected chi connectivity index (χ1v) is 8.78. The number of nitrogens with zero attached hydrogens (tertiary/aromatic N) is 1. The van der Waals surface area contributed by atoms with Crippen LogP contribution in [-0.4, -0.2) is 26.5 Å². The maximum absolute atomic E-state index is 11.9. The van der Waals surface area contributed by atoms with Crippen LogP contribution >= 0.6 is 23.2 Å². The summed E-state index contributed by atoms with van der Waals surface area (Å²) < 4.78 is 27.9. The van der Waals surface area contributed by atoms with Crippen molar-refractivity contribution < 1.29 is 17.9 Å². The fourth-order valence-electron chi connectivity index (χ4n) is 1.92.